The molecule has 62 heavy (non-hydrogen) atoms. The molecule has 0 spiro atoms. The molecule has 290 valence electrons. The Labute approximate surface area is 357 Å². The smallest absolute Gasteiger partial charge is 0.164 e. The first-order valence-corrected chi connectivity index (χ1v) is 20.7. The van der Waals surface area contributed by atoms with Crippen molar-refractivity contribution in [2.24, 2.45) is 0 Å². The number of furan rings is 2. The van der Waals surface area contributed by atoms with E-state index in [1.807, 2.05) is 60.7 Å². The van der Waals surface area contributed by atoms with E-state index in [9.17, 15) is 0 Å². The highest BCUT2D eigenvalue weighted by molar-refractivity contribution is 6.11. The molecule has 0 aliphatic carbocycles. The first kappa shape index (κ1) is 35.5. The molecule has 0 bridgehead atoms. The van der Waals surface area contributed by atoms with Gasteiger partial charge in [0, 0.05) is 49.4 Å². The summed E-state index contributed by atoms with van der Waals surface area (Å²) >= 11 is 0. The van der Waals surface area contributed by atoms with Crippen LogP contribution in [0.5, 0.6) is 0 Å². The van der Waals surface area contributed by atoms with Crippen LogP contribution >= 0.6 is 0 Å². The van der Waals surface area contributed by atoms with Gasteiger partial charge in [0.15, 0.2) is 17.5 Å². The maximum atomic E-state index is 6.61. The van der Waals surface area contributed by atoms with Crippen molar-refractivity contribution in [1.82, 2.24) is 15.0 Å². The van der Waals surface area contributed by atoms with E-state index in [-0.39, 0.29) is 0 Å². The maximum absolute atomic E-state index is 6.61. The van der Waals surface area contributed by atoms with E-state index >= 15 is 0 Å². The quantitative estimate of drug-likeness (QED) is 0.161. The number of hydrogen-bond acceptors (Lipinski definition) is 5. The van der Waals surface area contributed by atoms with E-state index in [1.54, 1.807) is 0 Å². The molecule has 5 heteroatoms. The lowest BCUT2D eigenvalue weighted by Crippen LogP contribution is -2.01. The van der Waals surface area contributed by atoms with Gasteiger partial charge in [-0.25, -0.2) is 15.0 Å². The summed E-state index contributed by atoms with van der Waals surface area (Å²) in [6, 6.07) is 73.4. The molecule has 0 saturated heterocycles. The lowest BCUT2D eigenvalue weighted by molar-refractivity contribution is 0.670. The van der Waals surface area contributed by atoms with Crippen molar-refractivity contribution in [2.45, 2.75) is 0 Å². The lowest BCUT2D eigenvalue weighted by atomic mass is 9.94. The zero-order chi connectivity index (χ0) is 41.0. The molecule has 0 amide bonds. The number of nitrogens with zero attached hydrogens (tertiary/aromatic N) is 3. The van der Waals surface area contributed by atoms with Gasteiger partial charge in [-0.05, 0) is 69.8 Å². The van der Waals surface area contributed by atoms with E-state index in [0.717, 1.165) is 93.9 Å². The molecule has 12 aromatic rings. The topological polar surface area (TPSA) is 65.0 Å². The third-order valence-corrected chi connectivity index (χ3v) is 11.7. The summed E-state index contributed by atoms with van der Waals surface area (Å²) in [5.74, 6) is 1.74. The van der Waals surface area contributed by atoms with Crippen molar-refractivity contribution in [3.05, 3.63) is 212 Å². The minimum atomic E-state index is 0.558. The average molecular weight is 794 g/mol. The van der Waals surface area contributed by atoms with Crippen LogP contribution in [-0.2, 0) is 0 Å². The fraction of sp³-hybridized carbons (Fsp3) is 0. The van der Waals surface area contributed by atoms with Gasteiger partial charge in [0.2, 0.25) is 0 Å². The van der Waals surface area contributed by atoms with Crippen LogP contribution in [0.4, 0.5) is 0 Å². The molecule has 3 heterocycles. The van der Waals surface area contributed by atoms with Gasteiger partial charge < -0.3 is 8.83 Å². The van der Waals surface area contributed by atoms with Crippen LogP contribution in [0.1, 0.15) is 0 Å². The molecular formula is C57H35N3O2. The van der Waals surface area contributed by atoms with Gasteiger partial charge in [0.1, 0.15) is 22.3 Å². The summed E-state index contributed by atoms with van der Waals surface area (Å²) in [4.78, 5) is 15.6. The molecular weight excluding hydrogens is 759 g/mol. The molecule has 0 aliphatic rings. The van der Waals surface area contributed by atoms with Crippen LogP contribution in [0.15, 0.2) is 221 Å². The van der Waals surface area contributed by atoms with Crippen LogP contribution in [0.3, 0.4) is 0 Å². The highest BCUT2D eigenvalue weighted by Gasteiger charge is 2.20. The van der Waals surface area contributed by atoms with Gasteiger partial charge in [-0.15, -0.1) is 0 Å². The number of benzene rings is 9. The summed E-state index contributed by atoms with van der Waals surface area (Å²) in [5, 5.41) is 4.29. The van der Waals surface area contributed by atoms with E-state index < -0.39 is 0 Å². The SMILES string of the molecule is c1ccc(-c2ccc(-c3cccc(-c4nc(-c5ccccc5)nc(-c5cc(-c6cccc7c6oc6ccccc67)cc(-c6cccc7c6oc6ccccc67)c5)n4)c3)cc2)cc1. The summed E-state index contributed by atoms with van der Waals surface area (Å²) in [5.41, 5.74) is 14.4. The van der Waals surface area contributed by atoms with Crippen LogP contribution in [-0.4, -0.2) is 15.0 Å². The number of hydrogen-bond donors (Lipinski definition) is 0. The fourth-order valence-electron chi connectivity index (χ4n) is 8.69. The molecule has 0 saturated carbocycles. The molecule has 0 unspecified atom stereocenters. The van der Waals surface area contributed by atoms with Crippen molar-refractivity contribution < 1.29 is 8.83 Å². The van der Waals surface area contributed by atoms with Crippen molar-refractivity contribution >= 4 is 43.9 Å². The summed E-state index contributed by atoms with van der Waals surface area (Å²) in [6.45, 7) is 0. The molecule has 0 fully saturated rings. The number of para-hydroxylation sites is 4. The monoisotopic (exact) mass is 793 g/mol. The van der Waals surface area contributed by atoms with Crippen LogP contribution in [0, 0.1) is 0 Å². The number of aromatic nitrogens is 3. The second-order valence-corrected chi connectivity index (χ2v) is 15.6. The van der Waals surface area contributed by atoms with E-state index in [0.29, 0.717) is 17.5 Å². The Morgan fingerprint density at radius 1 is 0.242 bits per heavy atom. The summed E-state index contributed by atoms with van der Waals surface area (Å²) < 4.78 is 13.2. The predicted octanol–water partition coefficient (Wildman–Crippen LogP) is 15.3. The Morgan fingerprint density at radius 2 is 0.613 bits per heavy atom. The third-order valence-electron chi connectivity index (χ3n) is 11.7. The van der Waals surface area contributed by atoms with Gasteiger partial charge in [-0.3, -0.25) is 0 Å². The van der Waals surface area contributed by atoms with Crippen molar-refractivity contribution in [1.29, 1.82) is 0 Å². The van der Waals surface area contributed by atoms with Crippen LogP contribution < -0.4 is 0 Å². The standard InChI is InChI=1S/C57H35N3O2/c1-3-14-36(15-4-1)37-28-30-38(31-29-37)40-18-11-19-41(32-40)56-58-55(39-16-5-2-6-17-39)59-57(60-56)44-34-42(45-22-12-24-49-47-20-7-9-26-51(47)61-53(45)49)33-43(35-44)46-23-13-25-50-48-21-8-10-27-52(48)62-54(46)50/h1-35H. The highest BCUT2D eigenvalue weighted by atomic mass is 16.3. The van der Waals surface area contributed by atoms with Gasteiger partial charge in [-0.2, -0.15) is 0 Å². The first-order valence-electron chi connectivity index (χ1n) is 20.7. The molecule has 0 radical (unpaired) electrons. The minimum absolute atomic E-state index is 0.558. The number of fused-ring (bicyclic) bond motifs is 6. The predicted molar refractivity (Wildman–Crippen MR) is 252 cm³/mol. The van der Waals surface area contributed by atoms with Crippen LogP contribution in [0.25, 0.3) is 123 Å². The molecule has 9 aromatic carbocycles. The Balaban J connectivity index is 1.06. The van der Waals surface area contributed by atoms with E-state index in [2.05, 4.69) is 152 Å². The van der Waals surface area contributed by atoms with Gasteiger partial charge >= 0.3 is 0 Å². The Morgan fingerprint density at radius 3 is 1.19 bits per heavy atom. The van der Waals surface area contributed by atoms with Gasteiger partial charge in [-0.1, -0.05) is 176 Å². The van der Waals surface area contributed by atoms with Crippen molar-refractivity contribution in [3.63, 3.8) is 0 Å². The first-order chi connectivity index (χ1) is 30.7. The maximum Gasteiger partial charge on any atom is 0.164 e. The van der Waals surface area contributed by atoms with Crippen molar-refractivity contribution in [3.8, 4) is 78.7 Å². The Hall–Kier alpha value is -8.41. The Kier molecular flexibility index (Phi) is 8.42. The average Bonchev–Trinajstić information content (AvgIpc) is 3.93. The van der Waals surface area contributed by atoms with Crippen LogP contribution in [0.2, 0.25) is 0 Å². The largest absolute Gasteiger partial charge is 0.455 e. The van der Waals surface area contributed by atoms with Gasteiger partial charge in [0.05, 0.1) is 0 Å². The fourth-order valence-corrected chi connectivity index (χ4v) is 8.69. The zero-order valence-corrected chi connectivity index (χ0v) is 33.4. The molecule has 0 N–H and O–H groups in total. The zero-order valence-electron chi connectivity index (χ0n) is 33.4. The number of rotatable bonds is 7. The normalized spacial score (nSPS) is 11.5. The highest BCUT2D eigenvalue weighted by Crippen LogP contribution is 2.42. The second-order valence-electron chi connectivity index (χ2n) is 15.6. The molecule has 3 aromatic heterocycles. The van der Waals surface area contributed by atoms with Crippen molar-refractivity contribution in [2.75, 3.05) is 0 Å². The second kappa shape index (κ2) is 14.7. The Bertz CT molecular complexity index is 3490. The minimum Gasteiger partial charge on any atom is -0.455 e. The lowest BCUT2D eigenvalue weighted by Gasteiger charge is -2.13. The summed E-state index contributed by atoms with van der Waals surface area (Å²) in [6.07, 6.45) is 0. The third kappa shape index (κ3) is 6.23. The summed E-state index contributed by atoms with van der Waals surface area (Å²) in [7, 11) is 0. The van der Waals surface area contributed by atoms with E-state index in [4.69, 9.17) is 23.8 Å². The molecule has 0 atom stereocenters. The molecule has 5 nitrogen and oxygen atoms in total. The van der Waals surface area contributed by atoms with Gasteiger partial charge in [0.25, 0.3) is 0 Å². The molecule has 0 aliphatic heterocycles. The molecule has 12 rings (SSSR count). The van der Waals surface area contributed by atoms with E-state index in [1.165, 1.54) is 11.1 Å².